The van der Waals surface area contributed by atoms with Gasteiger partial charge in [-0.25, -0.2) is 13.6 Å². The molecule has 1 aromatic rings. The van der Waals surface area contributed by atoms with E-state index in [0.717, 1.165) is 17.9 Å². The second-order valence-electron chi connectivity index (χ2n) is 5.24. The minimum absolute atomic E-state index is 0.157. The van der Waals surface area contributed by atoms with Crippen molar-refractivity contribution in [2.75, 3.05) is 18.1 Å². The summed E-state index contributed by atoms with van der Waals surface area (Å²) in [4.78, 5) is 11.8. The first-order valence-corrected chi connectivity index (χ1v) is 7.84. The van der Waals surface area contributed by atoms with Crippen molar-refractivity contribution in [2.24, 2.45) is 0 Å². The van der Waals surface area contributed by atoms with Crippen LogP contribution in [0.15, 0.2) is 18.2 Å². The Kier molecular flexibility index (Phi) is 5.05. The van der Waals surface area contributed by atoms with Gasteiger partial charge in [0.15, 0.2) is 0 Å². The number of benzene rings is 1. The zero-order valence-electron chi connectivity index (χ0n) is 11.7. The summed E-state index contributed by atoms with van der Waals surface area (Å²) >= 11 is 1.64. The molecule has 1 fully saturated rings. The molecule has 116 valence electrons. The van der Waals surface area contributed by atoms with Crippen molar-refractivity contribution >= 4 is 17.8 Å². The Hall–Kier alpha value is -1.34. The molecule has 0 aliphatic carbocycles. The van der Waals surface area contributed by atoms with E-state index in [9.17, 15) is 18.7 Å². The largest absolute Gasteiger partial charge is 0.387 e. The lowest BCUT2D eigenvalue weighted by Gasteiger charge is -2.23. The fourth-order valence-corrected chi connectivity index (χ4v) is 3.45. The van der Waals surface area contributed by atoms with Gasteiger partial charge in [-0.05, 0) is 25.2 Å². The molecule has 21 heavy (non-hydrogen) atoms. The number of carbonyl (C=O) groups is 1. The summed E-state index contributed by atoms with van der Waals surface area (Å²) < 4.78 is 26.4. The highest BCUT2D eigenvalue weighted by Crippen LogP contribution is 2.27. The van der Waals surface area contributed by atoms with E-state index in [2.05, 4.69) is 10.6 Å². The van der Waals surface area contributed by atoms with Crippen LogP contribution in [0, 0.1) is 11.6 Å². The van der Waals surface area contributed by atoms with Gasteiger partial charge in [-0.3, -0.25) is 0 Å². The van der Waals surface area contributed by atoms with E-state index in [1.807, 2.05) is 0 Å². The van der Waals surface area contributed by atoms with Crippen LogP contribution >= 0.6 is 11.8 Å². The molecule has 7 heteroatoms. The van der Waals surface area contributed by atoms with Crippen LogP contribution in [-0.4, -0.2) is 34.8 Å². The molecular weight excluding hydrogens is 298 g/mol. The van der Waals surface area contributed by atoms with Crippen molar-refractivity contribution < 1.29 is 18.7 Å². The number of nitrogens with one attached hydrogen (secondary N) is 2. The van der Waals surface area contributed by atoms with E-state index in [-0.39, 0.29) is 12.1 Å². The third-order valence-corrected chi connectivity index (χ3v) is 4.67. The van der Waals surface area contributed by atoms with Gasteiger partial charge in [0, 0.05) is 23.9 Å². The van der Waals surface area contributed by atoms with E-state index in [4.69, 9.17) is 0 Å². The Balaban J connectivity index is 1.87. The maximum Gasteiger partial charge on any atom is 0.315 e. The van der Waals surface area contributed by atoms with E-state index in [1.54, 1.807) is 18.7 Å². The molecule has 2 amide bonds. The molecule has 0 radical (unpaired) electrons. The molecule has 1 aliphatic rings. The molecule has 0 saturated carbocycles. The first-order chi connectivity index (χ1) is 9.89. The molecule has 1 saturated heterocycles. The molecule has 4 nitrogen and oxygen atoms in total. The fraction of sp³-hybridized carbons (Fsp3) is 0.500. The van der Waals surface area contributed by atoms with Gasteiger partial charge < -0.3 is 15.7 Å². The normalized spacial score (nSPS) is 22.9. The molecule has 1 aliphatic heterocycles. The van der Waals surface area contributed by atoms with Crippen LogP contribution in [0.4, 0.5) is 13.6 Å². The van der Waals surface area contributed by atoms with Gasteiger partial charge in [-0.15, -0.1) is 0 Å². The highest BCUT2D eigenvalue weighted by molar-refractivity contribution is 7.99. The van der Waals surface area contributed by atoms with Crippen LogP contribution in [0.3, 0.4) is 0 Å². The molecule has 0 bridgehead atoms. The van der Waals surface area contributed by atoms with Crippen LogP contribution in [0.1, 0.15) is 24.9 Å². The van der Waals surface area contributed by atoms with E-state index >= 15 is 0 Å². The van der Waals surface area contributed by atoms with Crippen LogP contribution in [0.2, 0.25) is 0 Å². The van der Waals surface area contributed by atoms with Crippen molar-refractivity contribution in [3.8, 4) is 0 Å². The number of amides is 2. The minimum Gasteiger partial charge on any atom is -0.387 e. The van der Waals surface area contributed by atoms with E-state index < -0.39 is 29.3 Å². The maximum atomic E-state index is 13.6. The van der Waals surface area contributed by atoms with Crippen LogP contribution < -0.4 is 10.6 Å². The Morgan fingerprint density at radius 2 is 2.29 bits per heavy atom. The second-order valence-corrected chi connectivity index (χ2v) is 6.35. The average Bonchev–Trinajstić information content (AvgIpc) is 2.84. The summed E-state index contributed by atoms with van der Waals surface area (Å²) in [6, 6.07) is 2.14. The van der Waals surface area contributed by atoms with E-state index in [0.29, 0.717) is 12.2 Å². The van der Waals surface area contributed by atoms with Gasteiger partial charge in [0.1, 0.15) is 11.6 Å². The predicted octanol–water partition coefficient (Wildman–Crippen LogP) is 2.19. The van der Waals surface area contributed by atoms with Gasteiger partial charge in [0.25, 0.3) is 0 Å². The second kappa shape index (κ2) is 6.62. The Morgan fingerprint density at radius 3 is 2.90 bits per heavy atom. The number of hydrogen-bond donors (Lipinski definition) is 3. The van der Waals surface area contributed by atoms with Crippen molar-refractivity contribution in [3.05, 3.63) is 35.4 Å². The number of halogens is 2. The summed E-state index contributed by atoms with van der Waals surface area (Å²) in [5.74, 6) is 0.106. The van der Waals surface area contributed by atoms with Gasteiger partial charge >= 0.3 is 6.03 Å². The standard InChI is InChI=1S/C14H18F2N2O2S/c1-9(11-3-2-10(15)6-12(11)16)18-13(19)17-7-14(20)4-5-21-8-14/h2-3,6,9,20H,4-5,7-8H2,1H3,(H2,17,18,19). The van der Waals surface area contributed by atoms with Gasteiger partial charge in [-0.1, -0.05) is 6.07 Å². The number of rotatable bonds is 4. The highest BCUT2D eigenvalue weighted by Gasteiger charge is 2.32. The molecule has 1 heterocycles. The lowest BCUT2D eigenvalue weighted by Crippen LogP contribution is -2.47. The lowest BCUT2D eigenvalue weighted by molar-refractivity contribution is 0.0699. The summed E-state index contributed by atoms with van der Waals surface area (Å²) in [6.07, 6.45) is 0.639. The highest BCUT2D eigenvalue weighted by atomic mass is 32.2. The third kappa shape index (κ3) is 4.31. The number of thioether (sulfide) groups is 1. The Bertz CT molecular complexity index is 522. The average molecular weight is 316 g/mol. The fourth-order valence-electron chi connectivity index (χ4n) is 2.16. The van der Waals surface area contributed by atoms with Crippen LogP contribution in [0.5, 0.6) is 0 Å². The molecule has 2 atom stereocenters. The topological polar surface area (TPSA) is 61.4 Å². The predicted molar refractivity (Wildman–Crippen MR) is 78.2 cm³/mol. The first-order valence-electron chi connectivity index (χ1n) is 6.69. The summed E-state index contributed by atoms with van der Waals surface area (Å²) in [6.45, 7) is 1.76. The SMILES string of the molecule is CC(NC(=O)NCC1(O)CCSC1)c1ccc(F)cc1F. The molecule has 0 spiro atoms. The lowest BCUT2D eigenvalue weighted by atomic mass is 10.0. The smallest absolute Gasteiger partial charge is 0.315 e. The number of urea groups is 1. The van der Waals surface area contributed by atoms with Crippen molar-refractivity contribution in [1.29, 1.82) is 0 Å². The Morgan fingerprint density at radius 1 is 1.52 bits per heavy atom. The summed E-state index contributed by atoms with van der Waals surface area (Å²) in [5.41, 5.74) is -0.659. The van der Waals surface area contributed by atoms with Gasteiger partial charge in [0.05, 0.1) is 11.6 Å². The van der Waals surface area contributed by atoms with Gasteiger partial charge in [-0.2, -0.15) is 11.8 Å². The van der Waals surface area contributed by atoms with Crippen molar-refractivity contribution in [3.63, 3.8) is 0 Å². The monoisotopic (exact) mass is 316 g/mol. The summed E-state index contributed by atoms with van der Waals surface area (Å²) in [5, 5.41) is 15.3. The number of carbonyl (C=O) groups excluding carboxylic acids is 1. The minimum atomic E-state index is -0.869. The molecule has 0 aromatic heterocycles. The molecular formula is C14H18F2N2O2S. The summed E-state index contributed by atoms with van der Waals surface area (Å²) in [7, 11) is 0. The maximum absolute atomic E-state index is 13.6. The molecule has 2 unspecified atom stereocenters. The molecule has 3 N–H and O–H groups in total. The van der Waals surface area contributed by atoms with Crippen LogP contribution in [0.25, 0.3) is 0 Å². The molecule has 1 aromatic carbocycles. The first kappa shape index (κ1) is 16.0. The molecule has 2 rings (SSSR count). The zero-order valence-corrected chi connectivity index (χ0v) is 12.5. The quantitative estimate of drug-likeness (QED) is 0.798. The van der Waals surface area contributed by atoms with Crippen molar-refractivity contribution in [2.45, 2.75) is 25.0 Å². The third-order valence-electron chi connectivity index (χ3n) is 3.44. The van der Waals surface area contributed by atoms with Crippen molar-refractivity contribution in [1.82, 2.24) is 10.6 Å². The van der Waals surface area contributed by atoms with Gasteiger partial charge in [0.2, 0.25) is 0 Å². The van der Waals surface area contributed by atoms with E-state index in [1.165, 1.54) is 6.07 Å². The Labute approximate surface area is 126 Å². The number of hydrogen-bond acceptors (Lipinski definition) is 3. The van der Waals surface area contributed by atoms with Crippen LogP contribution in [-0.2, 0) is 0 Å². The zero-order chi connectivity index (χ0) is 15.5. The number of aliphatic hydroxyl groups is 1.